The Bertz CT molecular complexity index is 959. The van der Waals surface area contributed by atoms with Gasteiger partial charge in [-0.2, -0.15) is 0 Å². The van der Waals surface area contributed by atoms with Gasteiger partial charge in [-0.1, -0.05) is 54.8 Å². The quantitative estimate of drug-likeness (QED) is 0.693. The molecule has 1 fully saturated rings. The van der Waals surface area contributed by atoms with E-state index in [9.17, 15) is 9.59 Å². The van der Waals surface area contributed by atoms with Crippen molar-refractivity contribution >= 4 is 22.7 Å². The maximum atomic E-state index is 12.5. The zero-order valence-corrected chi connectivity index (χ0v) is 14.9. The molecule has 1 saturated carbocycles. The van der Waals surface area contributed by atoms with Crippen LogP contribution in [-0.2, 0) is 4.79 Å². The lowest BCUT2D eigenvalue weighted by Gasteiger charge is -2.20. The molecular formula is C21H21N3O3. The number of hydrazine groups is 1. The highest BCUT2D eigenvalue weighted by atomic mass is 16.5. The van der Waals surface area contributed by atoms with Gasteiger partial charge in [0, 0.05) is 17.0 Å². The van der Waals surface area contributed by atoms with Gasteiger partial charge in [-0.25, -0.2) is 0 Å². The highest BCUT2D eigenvalue weighted by molar-refractivity contribution is 6.01. The molecule has 0 atom stereocenters. The molecule has 0 aliphatic heterocycles. The highest BCUT2D eigenvalue weighted by Gasteiger charge is 2.21. The second-order valence-electron chi connectivity index (χ2n) is 6.89. The molecule has 138 valence electrons. The van der Waals surface area contributed by atoms with Gasteiger partial charge >= 0.3 is 0 Å². The van der Waals surface area contributed by atoms with Crippen molar-refractivity contribution in [2.75, 3.05) is 0 Å². The molecular weight excluding hydrogens is 342 g/mol. The minimum Gasteiger partial charge on any atom is -0.355 e. The molecule has 2 N–H and O–H groups in total. The number of aromatic nitrogens is 1. The highest BCUT2D eigenvalue weighted by Crippen LogP contribution is 2.29. The molecule has 27 heavy (non-hydrogen) atoms. The van der Waals surface area contributed by atoms with Gasteiger partial charge in [0.25, 0.3) is 5.91 Å². The first-order valence-electron chi connectivity index (χ1n) is 9.27. The smallest absolute Gasteiger partial charge is 0.269 e. The van der Waals surface area contributed by atoms with Crippen LogP contribution >= 0.6 is 0 Å². The van der Waals surface area contributed by atoms with E-state index in [4.69, 9.17) is 4.52 Å². The molecule has 4 rings (SSSR count). The van der Waals surface area contributed by atoms with Crippen molar-refractivity contribution in [1.29, 1.82) is 0 Å². The Morgan fingerprint density at radius 3 is 2.52 bits per heavy atom. The molecule has 1 aliphatic carbocycles. The molecule has 2 amide bonds. The number of amides is 2. The molecule has 1 aromatic heterocycles. The third-order valence-corrected chi connectivity index (χ3v) is 5.05. The van der Waals surface area contributed by atoms with Crippen molar-refractivity contribution in [3.63, 3.8) is 0 Å². The Hall–Kier alpha value is -3.15. The van der Waals surface area contributed by atoms with E-state index in [0.29, 0.717) is 16.8 Å². The lowest BCUT2D eigenvalue weighted by molar-refractivity contribution is -0.126. The molecule has 0 spiro atoms. The van der Waals surface area contributed by atoms with Crippen molar-refractivity contribution in [3.8, 4) is 11.3 Å². The Labute approximate surface area is 156 Å². The fourth-order valence-electron chi connectivity index (χ4n) is 3.54. The minimum absolute atomic E-state index is 0.00992. The first-order chi connectivity index (χ1) is 13.2. The van der Waals surface area contributed by atoms with E-state index in [-0.39, 0.29) is 17.7 Å². The van der Waals surface area contributed by atoms with E-state index in [1.54, 1.807) is 18.2 Å². The summed E-state index contributed by atoms with van der Waals surface area (Å²) in [7, 11) is 0. The summed E-state index contributed by atoms with van der Waals surface area (Å²) >= 11 is 0. The summed E-state index contributed by atoms with van der Waals surface area (Å²) in [6, 6.07) is 14.8. The summed E-state index contributed by atoms with van der Waals surface area (Å²) in [5.74, 6) is 0.135. The molecule has 1 aliphatic rings. The van der Waals surface area contributed by atoms with Gasteiger partial charge in [-0.05, 0) is 31.0 Å². The number of nitrogens with one attached hydrogen (secondary N) is 2. The Morgan fingerprint density at radius 1 is 0.963 bits per heavy atom. The molecule has 6 heteroatoms. The molecule has 0 saturated heterocycles. The average Bonchev–Trinajstić information content (AvgIpc) is 3.16. The molecule has 2 aromatic carbocycles. The van der Waals surface area contributed by atoms with Crippen molar-refractivity contribution in [1.82, 2.24) is 16.0 Å². The van der Waals surface area contributed by atoms with Gasteiger partial charge in [0.05, 0.1) is 5.39 Å². The van der Waals surface area contributed by atoms with Crippen LogP contribution in [0.3, 0.4) is 0 Å². The van der Waals surface area contributed by atoms with Crippen LogP contribution < -0.4 is 10.9 Å². The SMILES string of the molecule is O=C(NNC(=O)C1CCCCC1)c1ccc2noc(-c3ccccc3)c2c1. The van der Waals surface area contributed by atoms with Crippen molar-refractivity contribution < 1.29 is 14.1 Å². The third-order valence-electron chi connectivity index (χ3n) is 5.05. The van der Waals surface area contributed by atoms with E-state index >= 15 is 0 Å². The second kappa shape index (κ2) is 7.61. The third kappa shape index (κ3) is 3.69. The topological polar surface area (TPSA) is 84.2 Å². The second-order valence-corrected chi connectivity index (χ2v) is 6.89. The summed E-state index contributed by atoms with van der Waals surface area (Å²) in [5, 5.41) is 4.81. The van der Waals surface area contributed by atoms with Crippen LogP contribution in [0.4, 0.5) is 0 Å². The largest absolute Gasteiger partial charge is 0.355 e. The lowest BCUT2D eigenvalue weighted by atomic mass is 9.89. The van der Waals surface area contributed by atoms with Gasteiger partial charge in [-0.3, -0.25) is 20.4 Å². The van der Waals surface area contributed by atoms with Gasteiger partial charge in [0.15, 0.2) is 5.76 Å². The van der Waals surface area contributed by atoms with Gasteiger partial charge in [0.2, 0.25) is 5.91 Å². The van der Waals surface area contributed by atoms with Gasteiger partial charge in [0.1, 0.15) is 5.52 Å². The lowest BCUT2D eigenvalue weighted by Crippen LogP contribution is -2.44. The molecule has 1 heterocycles. The van der Waals surface area contributed by atoms with Crippen LogP contribution in [0.15, 0.2) is 53.1 Å². The molecule has 0 bridgehead atoms. The summed E-state index contributed by atoms with van der Waals surface area (Å²) in [4.78, 5) is 24.7. The number of fused-ring (bicyclic) bond motifs is 1. The Balaban J connectivity index is 1.49. The van der Waals surface area contributed by atoms with Crippen LogP contribution in [0, 0.1) is 5.92 Å². The van der Waals surface area contributed by atoms with Crippen molar-refractivity contribution in [2.45, 2.75) is 32.1 Å². The fourth-order valence-corrected chi connectivity index (χ4v) is 3.54. The number of carbonyl (C=O) groups excluding carboxylic acids is 2. The molecule has 0 radical (unpaired) electrons. The van der Waals surface area contributed by atoms with Crippen molar-refractivity contribution in [3.05, 3.63) is 54.1 Å². The van der Waals surface area contributed by atoms with E-state index in [1.165, 1.54) is 6.42 Å². The van der Waals surface area contributed by atoms with Crippen LogP contribution in [-0.4, -0.2) is 17.0 Å². The van der Waals surface area contributed by atoms with Crippen LogP contribution in [0.5, 0.6) is 0 Å². The fraction of sp³-hybridized carbons (Fsp3) is 0.286. The van der Waals surface area contributed by atoms with E-state index in [0.717, 1.165) is 36.6 Å². The summed E-state index contributed by atoms with van der Waals surface area (Å²) in [6.07, 6.45) is 5.08. The molecule has 3 aromatic rings. The Kier molecular flexibility index (Phi) is 4.87. The van der Waals surface area contributed by atoms with Crippen LogP contribution in [0.1, 0.15) is 42.5 Å². The van der Waals surface area contributed by atoms with Gasteiger partial charge in [-0.15, -0.1) is 0 Å². The van der Waals surface area contributed by atoms with Crippen LogP contribution in [0.2, 0.25) is 0 Å². The normalized spacial score (nSPS) is 14.8. The molecule has 0 unspecified atom stereocenters. The first-order valence-corrected chi connectivity index (χ1v) is 9.27. The predicted molar refractivity (Wildman–Crippen MR) is 102 cm³/mol. The maximum Gasteiger partial charge on any atom is 0.269 e. The number of nitrogens with zero attached hydrogens (tertiary/aromatic N) is 1. The van der Waals surface area contributed by atoms with Gasteiger partial charge < -0.3 is 4.52 Å². The first kappa shape index (κ1) is 17.3. The Morgan fingerprint density at radius 2 is 1.74 bits per heavy atom. The standard InChI is InChI=1S/C21H21N3O3/c25-20(15-9-5-2-6-10-15)22-23-21(26)16-11-12-18-17(13-16)19(27-24-18)14-7-3-1-4-8-14/h1,3-4,7-8,11-13,15H,2,5-6,9-10H2,(H,22,25)(H,23,26). The van der Waals surface area contributed by atoms with E-state index in [1.807, 2.05) is 30.3 Å². The number of hydrogen-bond donors (Lipinski definition) is 2. The monoisotopic (exact) mass is 363 g/mol. The van der Waals surface area contributed by atoms with E-state index in [2.05, 4.69) is 16.0 Å². The maximum absolute atomic E-state index is 12.5. The number of rotatable bonds is 3. The summed E-state index contributed by atoms with van der Waals surface area (Å²) in [6.45, 7) is 0. The minimum atomic E-state index is -0.360. The molecule has 6 nitrogen and oxygen atoms in total. The average molecular weight is 363 g/mol. The zero-order chi connectivity index (χ0) is 18.6. The van der Waals surface area contributed by atoms with E-state index < -0.39 is 0 Å². The van der Waals surface area contributed by atoms with Crippen molar-refractivity contribution in [2.24, 2.45) is 5.92 Å². The summed E-state index contributed by atoms with van der Waals surface area (Å²) in [5.41, 5.74) is 7.09. The predicted octanol–water partition coefficient (Wildman–Crippen LogP) is 3.84. The number of carbonyl (C=O) groups is 2. The number of hydrogen-bond acceptors (Lipinski definition) is 4. The summed E-state index contributed by atoms with van der Waals surface area (Å²) < 4.78 is 5.46. The number of benzene rings is 2. The van der Waals surface area contributed by atoms with Crippen LogP contribution in [0.25, 0.3) is 22.2 Å². The zero-order valence-electron chi connectivity index (χ0n) is 14.9.